The molecule has 4 aliphatic heterocycles. The molecule has 22 heteroatoms. The number of aliphatic hydroxyl groups is 2. The van der Waals surface area contributed by atoms with Crippen molar-refractivity contribution in [2.24, 2.45) is 23.7 Å². The molecule has 6 N–H and O–H groups in total. The number of rotatable bonds is 12. The number of carbonyl (C=O) groups is 8. The lowest BCUT2D eigenvalue weighted by molar-refractivity contribution is -0.332. The average Bonchev–Trinajstić information content (AvgIpc) is 3.60. The fraction of sp³-hybridized carbons (Fsp3) is 0.830. The molecule has 4 fully saturated rings. The molecule has 69 heavy (non-hydrogen) atoms. The number of nitrogens with one attached hydrogen (secondary N) is 2. The van der Waals surface area contributed by atoms with Crippen LogP contribution in [0.5, 0.6) is 0 Å². The standard InChI is InChI=1S/C47H79N7O15/c1-13-15-17-31-40(58)52(65)25-34(56)53-32(18-16-22-48-53)39(57)51-23-21-45(10,63)38(51)42(60)54(66)36(27(5)6)43(61)67-37(28(7)8)35(41(59)50(31)12)49-44(62)46(11,64)47(68-29(9)55)20-19-30(24-26(3)4)33(14-2)69-47/h26-28,30-33,35-38,48,63-66H,13-25H2,1-12H3,(H,49,62). The minimum absolute atomic E-state index is 0.0182. The molecule has 0 bridgehead atoms. The Morgan fingerprint density at radius 3 is 2.17 bits per heavy atom. The van der Waals surface area contributed by atoms with Gasteiger partial charge in [0.15, 0.2) is 6.04 Å². The van der Waals surface area contributed by atoms with Crippen LogP contribution in [0.4, 0.5) is 0 Å². The predicted molar refractivity (Wildman–Crippen MR) is 245 cm³/mol. The van der Waals surface area contributed by atoms with Crippen LogP contribution in [-0.2, 0) is 52.6 Å². The third-order valence-electron chi connectivity index (χ3n) is 14.1. The second kappa shape index (κ2) is 23.2. The third-order valence-corrected chi connectivity index (χ3v) is 14.1. The van der Waals surface area contributed by atoms with Crippen LogP contribution in [0.25, 0.3) is 0 Å². The van der Waals surface area contributed by atoms with E-state index in [1.54, 1.807) is 13.8 Å². The van der Waals surface area contributed by atoms with Crippen molar-refractivity contribution < 1.29 is 73.2 Å². The maximum absolute atomic E-state index is 15.2. The Hall–Kier alpha value is -4.48. The van der Waals surface area contributed by atoms with Gasteiger partial charge >= 0.3 is 11.9 Å². The minimum atomic E-state index is -2.74. The van der Waals surface area contributed by atoms with Gasteiger partial charge in [-0.3, -0.25) is 49.0 Å². The Labute approximate surface area is 405 Å². The van der Waals surface area contributed by atoms with E-state index in [4.69, 9.17) is 14.2 Å². The van der Waals surface area contributed by atoms with E-state index in [1.807, 2.05) is 27.7 Å². The summed E-state index contributed by atoms with van der Waals surface area (Å²) in [5, 5.41) is 50.8. The number of fused-ring (bicyclic) bond motifs is 2. The summed E-state index contributed by atoms with van der Waals surface area (Å²) in [6.45, 7) is 16.3. The Morgan fingerprint density at radius 1 is 0.957 bits per heavy atom. The monoisotopic (exact) mass is 982 g/mol. The first-order chi connectivity index (χ1) is 32.1. The summed E-state index contributed by atoms with van der Waals surface area (Å²) >= 11 is 0. The molecule has 4 saturated heterocycles. The molecular weight excluding hydrogens is 903 g/mol. The van der Waals surface area contributed by atoms with Crippen LogP contribution >= 0.6 is 0 Å². The first kappa shape index (κ1) is 57.1. The lowest BCUT2D eigenvalue weighted by atomic mass is 9.78. The quantitative estimate of drug-likeness (QED) is 0.120. The summed E-state index contributed by atoms with van der Waals surface area (Å²) in [5.41, 5.74) is -1.85. The SMILES string of the molecule is CCCCC1C(=O)N(O)CC(=O)N2NCCCC2C(=O)N2CCC(C)(O)C2C(=O)N(O)C(C(C)C)C(=O)OC(C(C)C)C(NC(=O)C(C)(O)C2(OC(C)=O)CCC(CC(C)C)C(CC)O2)C(=O)N1C. The molecule has 0 aromatic rings. The highest BCUT2D eigenvalue weighted by molar-refractivity contribution is 5.97. The van der Waals surface area contributed by atoms with Crippen molar-refractivity contribution in [3.05, 3.63) is 0 Å². The lowest BCUT2D eigenvalue weighted by Gasteiger charge is -2.50. The maximum Gasteiger partial charge on any atom is 0.332 e. The smallest absolute Gasteiger partial charge is 0.332 e. The van der Waals surface area contributed by atoms with Crippen LogP contribution in [0.3, 0.4) is 0 Å². The molecule has 0 saturated carbocycles. The van der Waals surface area contributed by atoms with Crippen LogP contribution in [0.2, 0.25) is 0 Å². The largest absolute Gasteiger partial charge is 0.458 e. The van der Waals surface area contributed by atoms with E-state index < -0.39 is 125 Å². The molecule has 6 amide bonds. The normalized spacial score (nSPS) is 32.7. The summed E-state index contributed by atoms with van der Waals surface area (Å²) in [6.07, 6.45) is 0.280. The van der Waals surface area contributed by atoms with Gasteiger partial charge in [0.2, 0.25) is 17.4 Å². The van der Waals surface area contributed by atoms with E-state index in [0.29, 0.717) is 32.1 Å². The highest BCUT2D eigenvalue weighted by atomic mass is 16.7. The number of hydrazine groups is 1. The van der Waals surface area contributed by atoms with E-state index in [9.17, 15) is 54.2 Å². The van der Waals surface area contributed by atoms with Crippen LogP contribution in [0, 0.1) is 23.7 Å². The number of likely N-dealkylation sites (N-methyl/N-ethyl adjacent to an activating group) is 1. The highest BCUT2D eigenvalue weighted by Gasteiger charge is 2.61. The van der Waals surface area contributed by atoms with Gasteiger partial charge in [-0.25, -0.2) is 20.3 Å². The zero-order chi connectivity index (χ0) is 52.1. The lowest BCUT2D eigenvalue weighted by Crippen LogP contribution is -2.70. The molecular formula is C47H79N7O15. The van der Waals surface area contributed by atoms with Gasteiger partial charge in [0.1, 0.15) is 36.8 Å². The average molecular weight is 982 g/mol. The van der Waals surface area contributed by atoms with Gasteiger partial charge in [-0.15, -0.1) is 0 Å². The summed E-state index contributed by atoms with van der Waals surface area (Å²) in [5.74, 6) is -12.4. The number of unbranched alkanes of at least 4 members (excludes halogenated alkanes) is 1. The second-order valence-electron chi connectivity index (χ2n) is 20.8. The predicted octanol–water partition coefficient (Wildman–Crippen LogP) is 1.64. The fourth-order valence-electron chi connectivity index (χ4n) is 10.2. The number of carbonyl (C=O) groups excluding carboxylic acids is 8. The molecule has 4 aliphatic rings. The first-order valence-corrected chi connectivity index (χ1v) is 24.6. The number of hydrogen-bond donors (Lipinski definition) is 6. The molecule has 4 heterocycles. The van der Waals surface area contributed by atoms with E-state index in [-0.39, 0.29) is 60.7 Å². The highest BCUT2D eigenvalue weighted by Crippen LogP contribution is 2.44. The molecule has 0 aromatic heterocycles. The van der Waals surface area contributed by atoms with E-state index >= 15 is 4.79 Å². The molecule has 4 rings (SSSR count). The number of hydrogen-bond acceptors (Lipinski definition) is 16. The number of amides is 6. The number of cyclic esters (lactones) is 1. The van der Waals surface area contributed by atoms with E-state index in [0.717, 1.165) is 35.1 Å². The van der Waals surface area contributed by atoms with Crippen LogP contribution in [-0.4, -0.2) is 179 Å². The maximum atomic E-state index is 15.2. The number of hydroxylamine groups is 4. The van der Waals surface area contributed by atoms with Gasteiger partial charge in [-0.1, -0.05) is 68.2 Å². The molecule has 11 atom stereocenters. The van der Waals surface area contributed by atoms with Crippen LogP contribution in [0.15, 0.2) is 0 Å². The van der Waals surface area contributed by atoms with Gasteiger partial charge in [0, 0.05) is 33.5 Å². The van der Waals surface area contributed by atoms with E-state index in [1.165, 1.54) is 27.8 Å². The topological polar surface area (TPSA) is 285 Å². The Bertz CT molecular complexity index is 1900. The Balaban J connectivity index is 1.91. The molecule has 0 aromatic carbocycles. The van der Waals surface area contributed by atoms with Crippen molar-refractivity contribution in [2.45, 2.75) is 200 Å². The fourth-order valence-corrected chi connectivity index (χ4v) is 10.2. The van der Waals surface area contributed by atoms with Crippen molar-refractivity contribution in [1.29, 1.82) is 0 Å². The molecule has 0 spiro atoms. The number of esters is 2. The zero-order valence-corrected chi connectivity index (χ0v) is 42.6. The van der Waals surface area contributed by atoms with Crippen molar-refractivity contribution in [1.82, 2.24) is 35.7 Å². The third kappa shape index (κ3) is 12.4. The Morgan fingerprint density at radius 2 is 1.61 bits per heavy atom. The molecule has 0 aliphatic carbocycles. The van der Waals surface area contributed by atoms with E-state index in [2.05, 4.69) is 10.7 Å². The second-order valence-corrected chi connectivity index (χ2v) is 20.8. The molecule has 0 radical (unpaired) electrons. The summed E-state index contributed by atoms with van der Waals surface area (Å²) in [6, 6.07) is -8.39. The Kier molecular flexibility index (Phi) is 19.2. The van der Waals surface area contributed by atoms with Gasteiger partial charge in [-0.05, 0) is 82.5 Å². The molecule has 11 unspecified atom stereocenters. The minimum Gasteiger partial charge on any atom is -0.458 e. The van der Waals surface area contributed by atoms with Crippen molar-refractivity contribution >= 4 is 47.4 Å². The van der Waals surface area contributed by atoms with Gasteiger partial charge in [0.25, 0.3) is 29.4 Å². The van der Waals surface area contributed by atoms with Gasteiger partial charge in [-0.2, -0.15) is 0 Å². The molecule has 392 valence electrons. The van der Waals surface area contributed by atoms with Crippen molar-refractivity contribution in [3.63, 3.8) is 0 Å². The van der Waals surface area contributed by atoms with Crippen LogP contribution in [0.1, 0.15) is 140 Å². The molecule has 22 nitrogen and oxygen atoms in total. The van der Waals surface area contributed by atoms with Crippen molar-refractivity contribution in [3.8, 4) is 0 Å². The first-order valence-electron chi connectivity index (χ1n) is 24.6. The number of nitrogens with zero attached hydrogens (tertiary/aromatic N) is 5. The van der Waals surface area contributed by atoms with Crippen molar-refractivity contribution in [2.75, 3.05) is 26.7 Å². The summed E-state index contributed by atoms with van der Waals surface area (Å²) in [7, 11) is 1.21. The van der Waals surface area contributed by atoms with Gasteiger partial charge in [0.05, 0.1) is 11.7 Å². The van der Waals surface area contributed by atoms with Crippen LogP contribution < -0.4 is 10.7 Å². The van der Waals surface area contributed by atoms with Gasteiger partial charge < -0.3 is 39.5 Å². The summed E-state index contributed by atoms with van der Waals surface area (Å²) < 4.78 is 18.2. The zero-order valence-electron chi connectivity index (χ0n) is 42.6. The summed E-state index contributed by atoms with van der Waals surface area (Å²) in [4.78, 5) is 117. The number of ether oxygens (including phenoxy) is 3.